The summed E-state index contributed by atoms with van der Waals surface area (Å²) >= 11 is 0. The molecule has 1 aromatic carbocycles. The van der Waals surface area contributed by atoms with Gasteiger partial charge in [-0.3, -0.25) is 9.78 Å². The Balaban J connectivity index is 1.47. The summed E-state index contributed by atoms with van der Waals surface area (Å²) in [5.74, 6) is 0.376. The number of methoxy groups -OCH3 is 1. The first kappa shape index (κ1) is 18.1. The maximum atomic E-state index is 12.4. The molecule has 2 aromatic rings. The van der Waals surface area contributed by atoms with E-state index in [1.165, 1.54) is 12.7 Å². The van der Waals surface area contributed by atoms with E-state index in [-0.39, 0.29) is 11.9 Å². The number of hydrogen-bond acceptors (Lipinski definition) is 4. The van der Waals surface area contributed by atoms with Gasteiger partial charge in [0.05, 0.1) is 12.7 Å². The Morgan fingerprint density at radius 1 is 1.19 bits per heavy atom. The molecule has 1 amide bonds. The van der Waals surface area contributed by atoms with Crippen LogP contribution in [0.4, 0.5) is 0 Å². The number of rotatable bonds is 6. The second-order valence-corrected chi connectivity index (χ2v) is 6.75. The van der Waals surface area contributed by atoms with Gasteiger partial charge in [0.2, 0.25) is 5.91 Å². The van der Waals surface area contributed by atoms with E-state index in [0.29, 0.717) is 17.9 Å². The van der Waals surface area contributed by atoms with Crippen LogP contribution >= 0.6 is 0 Å². The van der Waals surface area contributed by atoms with Crippen molar-refractivity contribution in [2.75, 3.05) is 20.2 Å². The van der Waals surface area contributed by atoms with Gasteiger partial charge in [-0.25, -0.2) is 4.79 Å². The van der Waals surface area contributed by atoms with Crippen LogP contribution in [0.25, 0.3) is 0 Å². The Labute approximate surface area is 154 Å². The summed E-state index contributed by atoms with van der Waals surface area (Å²) in [6.07, 6.45) is 6.78. The summed E-state index contributed by atoms with van der Waals surface area (Å²) in [6, 6.07) is 11.4. The van der Waals surface area contributed by atoms with E-state index in [1.54, 1.807) is 18.3 Å². The van der Waals surface area contributed by atoms with Gasteiger partial charge in [-0.05, 0) is 54.5 Å². The number of aromatic nitrogens is 1. The Morgan fingerprint density at radius 2 is 2.00 bits per heavy atom. The number of esters is 1. The van der Waals surface area contributed by atoms with Crippen LogP contribution in [0.3, 0.4) is 0 Å². The first-order valence-corrected chi connectivity index (χ1v) is 8.99. The highest BCUT2D eigenvalue weighted by molar-refractivity contribution is 5.89. The summed E-state index contributed by atoms with van der Waals surface area (Å²) in [5.41, 5.74) is 2.85. The van der Waals surface area contributed by atoms with Crippen LogP contribution in [-0.2, 0) is 22.4 Å². The average molecular weight is 352 g/mol. The Bertz CT molecular complexity index is 744. The fourth-order valence-corrected chi connectivity index (χ4v) is 3.41. The van der Waals surface area contributed by atoms with Crippen molar-refractivity contribution >= 4 is 11.9 Å². The van der Waals surface area contributed by atoms with Crippen molar-refractivity contribution in [2.24, 2.45) is 5.92 Å². The molecule has 0 N–H and O–H groups in total. The summed E-state index contributed by atoms with van der Waals surface area (Å²) in [4.78, 5) is 30.0. The van der Waals surface area contributed by atoms with Crippen molar-refractivity contribution in [2.45, 2.75) is 25.7 Å². The van der Waals surface area contributed by atoms with Gasteiger partial charge in [-0.15, -0.1) is 0 Å². The minimum atomic E-state index is -0.317. The van der Waals surface area contributed by atoms with Crippen molar-refractivity contribution in [3.05, 3.63) is 65.5 Å². The van der Waals surface area contributed by atoms with Gasteiger partial charge in [0.25, 0.3) is 0 Å². The normalized spacial score (nSPS) is 16.5. The van der Waals surface area contributed by atoms with Gasteiger partial charge in [0, 0.05) is 31.9 Å². The molecule has 1 atom stereocenters. The zero-order chi connectivity index (χ0) is 18.4. The summed E-state index contributed by atoms with van der Waals surface area (Å²) in [6.45, 7) is 1.64. The number of amides is 1. The van der Waals surface area contributed by atoms with E-state index in [2.05, 4.69) is 4.98 Å². The zero-order valence-electron chi connectivity index (χ0n) is 15.1. The molecule has 1 aliphatic rings. The van der Waals surface area contributed by atoms with E-state index in [4.69, 9.17) is 4.74 Å². The third-order valence-electron chi connectivity index (χ3n) is 4.89. The Hall–Kier alpha value is -2.69. The molecule has 26 heavy (non-hydrogen) atoms. The minimum Gasteiger partial charge on any atom is -0.465 e. The highest BCUT2D eigenvalue weighted by Gasteiger charge is 2.26. The van der Waals surface area contributed by atoms with Crippen LogP contribution in [0.15, 0.2) is 48.8 Å². The molecule has 136 valence electrons. The van der Waals surface area contributed by atoms with Crippen LogP contribution in [0, 0.1) is 5.92 Å². The van der Waals surface area contributed by atoms with E-state index < -0.39 is 0 Å². The molecule has 1 aromatic heterocycles. The summed E-state index contributed by atoms with van der Waals surface area (Å²) in [5, 5.41) is 0. The van der Waals surface area contributed by atoms with Gasteiger partial charge >= 0.3 is 5.97 Å². The van der Waals surface area contributed by atoms with Crippen LogP contribution in [0.2, 0.25) is 0 Å². The lowest BCUT2D eigenvalue weighted by Crippen LogP contribution is -2.29. The van der Waals surface area contributed by atoms with Gasteiger partial charge in [0.1, 0.15) is 0 Å². The number of aryl methyl sites for hydroxylation is 1. The van der Waals surface area contributed by atoms with Crippen LogP contribution in [-0.4, -0.2) is 42.0 Å². The average Bonchev–Trinajstić information content (AvgIpc) is 3.15. The lowest BCUT2D eigenvalue weighted by atomic mass is 9.98. The molecule has 1 aliphatic heterocycles. The number of carbonyl (C=O) groups is 2. The molecule has 0 radical (unpaired) electrons. The standard InChI is InChI=1S/C21H24N2O3/c1-26-21(25)19-7-4-16(5-8-19)13-18-10-12-23(15-18)20(24)9-6-17-3-2-11-22-14-17/h2-5,7-8,11,14,18H,6,9-10,12-13,15H2,1H3. The molecule has 1 fully saturated rings. The van der Waals surface area contributed by atoms with Crippen LogP contribution in [0.1, 0.15) is 34.3 Å². The lowest BCUT2D eigenvalue weighted by Gasteiger charge is -2.16. The molecule has 0 bridgehead atoms. The molecular formula is C21H24N2O3. The third kappa shape index (κ3) is 4.69. The molecule has 1 saturated heterocycles. The number of benzene rings is 1. The van der Waals surface area contributed by atoms with Gasteiger partial charge in [-0.2, -0.15) is 0 Å². The number of carbonyl (C=O) groups excluding carboxylic acids is 2. The van der Waals surface area contributed by atoms with Crippen molar-refractivity contribution in [1.82, 2.24) is 9.88 Å². The predicted molar refractivity (Wildman–Crippen MR) is 98.7 cm³/mol. The number of likely N-dealkylation sites (tertiary alicyclic amines) is 1. The SMILES string of the molecule is COC(=O)c1ccc(CC2CCN(C(=O)CCc3cccnc3)C2)cc1. The smallest absolute Gasteiger partial charge is 0.337 e. The first-order chi connectivity index (χ1) is 12.7. The molecule has 0 aliphatic carbocycles. The number of hydrogen-bond donors (Lipinski definition) is 0. The molecule has 2 heterocycles. The lowest BCUT2D eigenvalue weighted by molar-refractivity contribution is -0.130. The Morgan fingerprint density at radius 3 is 2.69 bits per heavy atom. The molecule has 5 nitrogen and oxygen atoms in total. The highest BCUT2D eigenvalue weighted by Crippen LogP contribution is 2.22. The Kier molecular flexibility index (Phi) is 6.00. The molecule has 3 rings (SSSR count). The third-order valence-corrected chi connectivity index (χ3v) is 4.89. The largest absolute Gasteiger partial charge is 0.465 e. The molecule has 5 heteroatoms. The van der Waals surface area contributed by atoms with E-state index >= 15 is 0 Å². The fourth-order valence-electron chi connectivity index (χ4n) is 3.41. The maximum absolute atomic E-state index is 12.4. The van der Waals surface area contributed by atoms with E-state index in [9.17, 15) is 9.59 Å². The van der Waals surface area contributed by atoms with E-state index in [1.807, 2.05) is 35.4 Å². The van der Waals surface area contributed by atoms with Crippen LogP contribution < -0.4 is 0 Å². The fraction of sp³-hybridized carbons (Fsp3) is 0.381. The number of nitrogens with zero attached hydrogens (tertiary/aromatic N) is 2. The summed E-state index contributed by atoms with van der Waals surface area (Å²) < 4.78 is 4.72. The van der Waals surface area contributed by atoms with Gasteiger partial charge in [0.15, 0.2) is 0 Å². The maximum Gasteiger partial charge on any atom is 0.337 e. The van der Waals surface area contributed by atoms with Crippen molar-refractivity contribution < 1.29 is 14.3 Å². The molecule has 0 saturated carbocycles. The van der Waals surface area contributed by atoms with Crippen molar-refractivity contribution in [3.63, 3.8) is 0 Å². The second kappa shape index (κ2) is 8.61. The minimum absolute atomic E-state index is 0.220. The van der Waals surface area contributed by atoms with Crippen molar-refractivity contribution in [3.8, 4) is 0 Å². The monoisotopic (exact) mass is 352 g/mol. The van der Waals surface area contributed by atoms with Gasteiger partial charge < -0.3 is 9.64 Å². The number of ether oxygens (including phenoxy) is 1. The summed E-state index contributed by atoms with van der Waals surface area (Å²) in [7, 11) is 1.38. The van der Waals surface area contributed by atoms with Crippen molar-refractivity contribution in [1.29, 1.82) is 0 Å². The van der Waals surface area contributed by atoms with Crippen LogP contribution in [0.5, 0.6) is 0 Å². The number of pyridine rings is 1. The molecular weight excluding hydrogens is 328 g/mol. The predicted octanol–water partition coefficient (Wildman–Crippen LogP) is 2.89. The quantitative estimate of drug-likeness (QED) is 0.750. The molecule has 1 unspecified atom stereocenters. The second-order valence-electron chi connectivity index (χ2n) is 6.75. The highest BCUT2D eigenvalue weighted by atomic mass is 16.5. The first-order valence-electron chi connectivity index (χ1n) is 8.99. The van der Waals surface area contributed by atoms with Gasteiger partial charge in [-0.1, -0.05) is 18.2 Å². The topological polar surface area (TPSA) is 59.5 Å². The zero-order valence-corrected chi connectivity index (χ0v) is 15.1. The van der Waals surface area contributed by atoms with E-state index in [0.717, 1.165) is 37.9 Å². The molecule has 0 spiro atoms.